The third-order valence-corrected chi connectivity index (χ3v) is 11.9. The monoisotopic (exact) mass is 517 g/mol. The zero-order chi connectivity index (χ0) is 27.7. The Morgan fingerprint density at radius 2 is 1.68 bits per heavy atom. The second-order valence-corrected chi connectivity index (χ2v) is 14.5. The maximum absolute atomic E-state index is 14.1. The van der Waals surface area contributed by atoms with Crippen LogP contribution in [0.4, 0.5) is 0 Å². The molecule has 7 atom stereocenters. The van der Waals surface area contributed by atoms with E-state index in [2.05, 4.69) is 57.8 Å². The molecule has 204 valence electrons. The predicted octanol–water partition coefficient (Wildman–Crippen LogP) is 6.93. The third-order valence-electron chi connectivity index (χ3n) is 11.9. The van der Waals surface area contributed by atoms with Gasteiger partial charge in [-0.3, -0.25) is 9.59 Å². The first-order chi connectivity index (χ1) is 17.7. The van der Waals surface area contributed by atoms with Crippen LogP contribution in [0, 0.1) is 50.7 Å². The minimum Gasteiger partial charge on any atom is -0.427 e. The average molecular weight is 518 g/mol. The average Bonchev–Trinajstić information content (AvgIpc) is 3.41. The first-order valence-electron chi connectivity index (χ1n) is 14.4. The van der Waals surface area contributed by atoms with Gasteiger partial charge in [0.15, 0.2) is 11.6 Å². The summed E-state index contributed by atoms with van der Waals surface area (Å²) in [5, 5.41) is 18.2. The van der Waals surface area contributed by atoms with Crippen LogP contribution < -0.4 is 0 Å². The van der Waals surface area contributed by atoms with Crippen LogP contribution in [0.15, 0.2) is 34.1 Å². The largest absolute Gasteiger partial charge is 0.427 e. The summed E-state index contributed by atoms with van der Waals surface area (Å²) in [4.78, 5) is 27.1. The van der Waals surface area contributed by atoms with Gasteiger partial charge in [-0.25, -0.2) is 0 Å². The Morgan fingerprint density at radius 1 is 0.974 bits per heavy atom. The van der Waals surface area contributed by atoms with Crippen molar-refractivity contribution in [2.24, 2.45) is 39.4 Å². The molecule has 2 saturated carbocycles. The number of aromatic nitrogens is 2. The lowest BCUT2D eigenvalue weighted by Crippen LogP contribution is -2.58. The lowest BCUT2D eigenvalue weighted by atomic mass is 9.39. The van der Waals surface area contributed by atoms with Crippen LogP contribution in [0.2, 0.25) is 0 Å². The first-order valence-corrected chi connectivity index (χ1v) is 14.4. The van der Waals surface area contributed by atoms with Crippen molar-refractivity contribution in [3.63, 3.8) is 0 Å². The third kappa shape index (κ3) is 3.79. The van der Waals surface area contributed by atoms with Crippen molar-refractivity contribution in [1.29, 1.82) is 5.26 Å². The van der Waals surface area contributed by atoms with E-state index < -0.39 is 5.41 Å². The smallest absolute Gasteiger partial charge is 0.222 e. The lowest BCUT2D eigenvalue weighted by molar-refractivity contribution is -0.135. The Bertz CT molecular complexity index is 1250. The molecule has 4 aliphatic carbocycles. The number of Topliss-reactive ketones (excluding diaryl/α,β-unsaturated/α-hetero) is 1. The molecule has 2 fully saturated rings. The van der Waals surface area contributed by atoms with Crippen molar-refractivity contribution in [3.05, 3.63) is 35.6 Å². The second kappa shape index (κ2) is 8.73. The quantitative estimate of drug-likeness (QED) is 0.401. The van der Waals surface area contributed by atoms with Gasteiger partial charge in [0, 0.05) is 22.7 Å². The SMILES string of the molecule is C[C@@H]1C(=O)C(C#N)=C[C@]2(C)C3=CC(=O)C4CCC(C)(C)CC[C@](C)(c5nnco5)CC[C@@]4(C)[C@]3(C)CC[C@@H]12. The number of nitrogens with zero attached hydrogens (tertiary/aromatic N) is 3. The number of allylic oxidation sites excluding steroid dienone is 4. The fourth-order valence-electron chi connectivity index (χ4n) is 8.86. The molecule has 6 nitrogen and oxygen atoms in total. The van der Waals surface area contributed by atoms with E-state index >= 15 is 0 Å². The molecule has 0 spiro atoms. The Morgan fingerprint density at radius 3 is 2.34 bits per heavy atom. The minimum atomic E-state index is -0.487. The number of carbonyl (C=O) groups excluding carboxylic acids is 2. The number of rotatable bonds is 1. The van der Waals surface area contributed by atoms with Crippen molar-refractivity contribution >= 4 is 11.6 Å². The molecule has 0 bridgehead atoms. The summed E-state index contributed by atoms with van der Waals surface area (Å²) < 4.78 is 5.80. The number of hydrogen-bond donors (Lipinski definition) is 0. The number of carbonyl (C=O) groups is 2. The normalized spacial score (nSPS) is 43.1. The van der Waals surface area contributed by atoms with Crippen molar-refractivity contribution < 1.29 is 14.0 Å². The molecule has 0 amide bonds. The molecule has 0 saturated heterocycles. The van der Waals surface area contributed by atoms with Crippen molar-refractivity contribution in [1.82, 2.24) is 10.2 Å². The number of ketones is 2. The summed E-state index contributed by atoms with van der Waals surface area (Å²) in [6.45, 7) is 15.7. The van der Waals surface area contributed by atoms with Gasteiger partial charge in [0.2, 0.25) is 12.3 Å². The molecule has 38 heavy (non-hydrogen) atoms. The maximum Gasteiger partial charge on any atom is 0.222 e. The van der Waals surface area contributed by atoms with Crippen LogP contribution in [-0.4, -0.2) is 21.8 Å². The second-order valence-electron chi connectivity index (χ2n) is 14.5. The van der Waals surface area contributed by atoms with E-state index in [-0.39, 0.29) is 56.6 Å². The van der Waals surface area contributed by atoms with Gasteiger partial charge in [-0.2, -0.15) is 5.26 Å². The first kappa shape index (κ1) is 27.0. The van der Waals surface area contributed by atoms with Crippen LogP contribution in [0.3, 0.4) is 0 Å². The number of nitriles is 1. The van der Waals surface area contributed by atoms with E-state index in [0.29, 0.717) is 5.89 Å². The Kier molecular flexibility index (Phi) is 6.21. The van der Waals surface area contributed by atoms with E-state index in [1.807, 2.05) is 19.1 Å². The summed E-state index contributed by atoms with van der Waals surface area (Å²) in [6.07, 6.45) is 12.7. The summed E-state index contributed by atoms with van der Waals surface area (Å²) in [6, 6.07) is 2.17. The van der Waals surface area contributed by atoms with Crippen LogP contribution >= 0.6 is 0 Å². The molecule has 6 heteroatoms. The highest BCUT2D eigenvalue weighted by Crippen LogP contribution is 2.69. The Balaban J connectivity index is 1.65. The highest BCUT2D eigenvalue weighted by molar-refractivity contribution is 6.02. The van der Waals surface area contributed by atoms with Gasteiger partial charge >= 0.3 is 0 Å². The van der Waals surface area contributed by atoms with Crippen molar-refractivity contribution in [3.8, 4) is 6.07 Å². The predicted molar refractivity (Wildman–Crippen MR) is 145 cm³/mol. The Hall–Kier alpha value is -2.55. The van der Waals surface area contributed by atoms with E-state index in [4.69, 9.17) is 4.42 Å². The van der Waals surface area contributed by atoms with Gasteiger partial charge in [0.05, 0.1) is 5.57 Å². The van der Waals surface area contributed by atoms with E-state index in [1.54, 1.807) is 0 Å². The Labute approximate surface area is 227 Å². The summed E-state index contributed by atoms with van der Waals surface area (Å²) in [5.74, 6) is 0.658. The van der Waals surface area contributed by atoms with Gasteiger partial charge in [0.1, 0.15) is 6.07 Å². The fourth-order valence-corrected chi connectivity index (χ4v) is 8.86. The highest BCUT2D eigenvalue weighted by Gasteiger charge is 2.63. The zero-order valence-electron chi connectivity index (χ0n) is 24.2. The standard InChI is InChI=1S/C32H43N3O3/c1-20-22-9-11-32(7)25(30(22,5)17-21(18-33)26(20)37)16-24(36)23-8-10-28(2,3)12-13-29(4,14-15-31(23,32)6)27-35-34-19-38-27/h16-17,19-20,22-23H,8-15H2,1-7H3/t20-,22-,23?,29-,30-,31+,32+/m0/s1. The van der Waals surface area contributed by atoms with Crippen molar-refractivity contribution in [2.45, 2.75) is 105 Å². The van der Waals surface area contributed by atoms with Gasteiger partial charge in [-0.05, 0) is 79.6 Å². The fraction of sp³-hybridized carbons (Fsp3) is 0.719. The maximum atomic E-state index is 14.1. The van der Waals surface area contributed by atoms with E-state index in [9.17, 15) is 14.9 Å². The van der Waals surface area contributed by atoms with Crippen LogP contribution in [0.5, 0.6) is 0 Å². The molecule has 1 unspecified atom stereocenters. The molecular weight excluding hydrogens is 474 g/mol. The lowest BCUT2D eigenvalue weighted by Gasteiger charge is -2.63. The van der Waals surface area contributed by atoms with Gasteiger partial charge in [-0.15, -0.1) is 10.2 Å². The summed E-state index contributed by atoms with van der Waals surface area (Å²) >= 11 is 0. The molecule has 1 heterocycles. The number of hydrogen-bond acceptors (Lipinski definition) is 6. The van der Waals surface area contributed by atoms with E-state index in [1.165, 1.54) is 6.39 Å². The van der Waals surface area contributed by atoms with Crippen LogP contribution in [-0.2, 0) is 15.0 Å². The van der Waals surface area contributed by atoms with Gasteiger partial charge < -0.3 is 4.42 Å². The summed E-state index contributed by atoms with van der Waals surface area (Å²) in [5.41, 5.74) is 0.220. The van der Waals surface area contributed by atoms with E-state index in [0.717, 1.165) is 56.9 Å². The topological polar surface area (TPSA) is 96.8 Å². The molecule has 1 aromatic heterocycles. The van der Waals surface area contributed by atoms with Gasteiger partial charge in [0.25, 0.3) is 0 Å². The molecule has 0 aliphatic heterocycles. The molecule has 1 aromatic rings. The van der Waals surface area contributed by atoms with Crippen LogP contribution in [0.1, 0.15) is 106 Å². The molecule has 5 rings (SSSR count). The number of fused-ring (bicyclic) bond motifs is 5. The molecule has 0 radical (unpaired) electrons. The molecule has 4 aliphatic rings. The van der Waals surface area contributed by atoms with Gasteiger partial charge in [-0.1, -0.05) is 60.1 Å². The minimum absolute atomic E-state index is 0.0540. The van der Waals surface area contributed by atoms with Crippen molar-refractivity contribution in [2.75, 3.05) is 0 Å². The molecule has 0 N–H and O–H groups in total. The summed E-state index contributed by atoms with van der Waals surface area (Å²) in [7, 11) is 0. The highest BCUT2D eigenvalue weighted by atomic mass is 16.4. The molecule has 0 aromatic carbocycles. The van der Waals surface area contributed by atoms with Crippen LogP contribution in [0.25, 0.3) is 0 Å². The zero-order valence-corrected chi connectivity index (χ0v) is 24.2. The molecular formula is C32H43N3O3.